The molecule has 0 amide bonds. The fourth-order valence-electron chi connectivity index (χ4n) is 2.39. The van der Waals surface area contributed by atoms with E-state index in [1.165, 1.54) is 0 Å². The largest absolute Gasteiger partial charge is 0.492 e. The van der Waals surface area contributed by atoms with Gasteiger partial charge in [0.15, 0.2) is 11.5 Å². The fourth-order valence-corrected chi connectivity index (χ4v) is 2.39. The molecule has 0 aromatic heterocycles. The Bertz CT molecular complexity index is 598. The summed E-state index contributed by atoms with van der Waals surface area (Å²) in [6, 6.07) is 15.7. The number of hydrogen-bond acceptors (Lipinski definition) is 4. The lowest BCUT2D eigenvalue weighted by molar-refractivity contribution is -0.0229. The number of rotatable bonds is 8. The second kappa shape index (κ2) is 8.56. The van der Waals surface area contributed by atoms with E-state index in [0.29, 0.717) is 18.1 Å². The van der Waals surface area contributed by atoms with Crippen molar-refractivity contribution < 1.29 is 19.3 Å². The lowest BCUT2D eigenvalue weighted by Gasteiger charge is -2.21. The van der Waals surface area contributed by atoms with E-state index < -0.39 is 0 Å². The summed E-state index contributed by atoms with van der Waals surface area (Å²) >= 11 is 0. The van der Waals surface area contributed by atoms with Crippen LogP contribution in [0, 0.1) is 0 Å². The molecular formula is C19H24O4. The molecule has 4 nitrogen and oxygen atoms in total. The highest BCUT2D eigenvalue weighted by atomic mass is 16.5. The number of para-hydroxylation sites is 1. The van der Waals surface area contributed by atoms with E-state index in [2.05, 4.69) is 0 Å². The first-order valence-corrected chi connectivity index (χ1v) is 7.75. The second-order valence-corrected chi connectivity index (χ2v) is 5.42. The van der Waals surface area contributed by atoms with Crippen molar-refractivity contribution >= 4 is 0 Å². The molecule has 23 heavy (non-hydrogen) atoms. The third kappa shape index (κ3) is 4.71. The summed E-state index contributed by atoms with van der Waals surface area (Å²) in [5, 5.41) is 9.14. The molecule has 0 saturated heterocycles. The molecule has 2 rings (SSSR count). The van der Waals surface area contributed by atoms with Gasteiger partial charge in [-0.05, 0) is 25.5 Å². The molecule has 2 atom stereocenters. The smallest absolute Gasteiger partial charge is 0.166 e. The molecular weight excluding hydrogens is 292 g/mol. The summed E-state index contributed by atoms with van der Waals surface area (Å²) < 4.78 is 17.2. The van der Waals surface area contributed by atoms with Gasteiger partial charge in [-0.15, -0.1) is 0 Å². The lowest BCUT2D eigenvalue weighted by atomic mass is 10.1. The van der Waals surface area contributed by atoms with Gasteiger partial charge < -0.3 is 19.3 Å². The van der Waals surface area contributed by atoms with Gasteiger partial charge in [-0.1, -0.05) is 42.5 Å². The van der Waals surface area contributed by atoms with E-state index in [1.807, 2.05) is 62.4 Å². The first-order valence-electron chi connectivity index (χ1n) is 7.75. The predicted octanol–water partition coefficient (Wildman–Crippen LogP) is 3.73. The Morgan fingerprint density at radius 2 is 1.74 bits per heavy atom. The molecule has 0 aliphatic heterocycles. The molecule has 2 aromatic carbocycles. The molecule has 1 N–H and O–H groups in total. The summed E-state index contributed by atoms with van der Waals surface area (Å²) in [4.78, 5) is 0. The molecule has 0 aliphatic rings. The molecule has 0 aliphatic carbocycles. The van der Waals surface area contributed by atoms with Crippen LogP contribution >= 0.6 is 0 Å². The zero-order chi connectivity index (χ0) is 16.7. The van der Waals surface area contributed by atoms with Crippen molar-refractivity contribution in [3.05, 3.63) is 59.7 Å². The SMILES string of the molecule is COc1c(OCc2ccccc2)cccc1[C@H](C)O[C@@H](C)CO. The topological polar surface area (TPSA) is 47.9 Å². The lowest BCUT2D eigenvalue weighted by Crippen LogP contribution is -2.16. The van der Waals surface area contributed by atoms with Gasteiger partial charge in [0.05, 0.1) is 25.9 Å². The zero-order valence-electron chi connectivity index (χ0n) is 13.9. The molecule has 0 unspecified atom stereocenters. The summed E-state index contributed by atoms with van der Waals surface area (Å²) in [5.74, 6) is 1.35. The van der Waals surface area contributed by atoms with E-state index in [9.17, 15) is 0 Å². The van der Waals surface area contributed by atoms with Gasteiger partial charge >= 0.3 is 0 Å². The van der Waals surface area contributed by atoms with Gasteiger partial charge in [0.25, 0.3) is 0 Å². The molecule has 4 heteroatoms. The number of methoxy groups -OCH3 is 1. The Morgan fingerprint density at radius 1 is 1.00 bits per heavy atom. The highest BCUT2D eigenvalue weighted by molar-refractivity contribution is 5.47. The monoisotopic (exact) mass is 316 g/mol. The van der Waals surface area contributed by atoms with Crippen LogP contribution in [0.25, 0.3) is 0 Å². The van der Waals surface area contributed by atoms with Gasteiger partial charge in [0, 0.05) is 5.56 Å². The second-order valence-electron chi connectivity index (χ2n) is 5.42. The summed E-state index contributed by atoms with van der Waals surface area (Å²) in [6.07, 6.45) is -0.434. The molecule has 0 fully saturated rings. The van der Waals surface area contributed by atoms with Crippen LogP contribution in [0.2, 0.25) is 0 Å². The minimum Gasteiger partial charge on any atom is -0.492 e. The molecule has 124 valence electrons. The zero-order valence-corrected chi connectivity index (χ0v) is 13.9. The van der Waals surface area contributed by atoms with Crippen molar-refractivity contribution in [1.82, 2.24) is 0 Å². The quantitative estimate of drug-likeness (QED) is 0.806. The minimum absolute atomic E-state index is 0.0170. The van der Waals surface area contributed by atoms with Gasteiger partial charge in [-0.2, -0.15) is 0 Å². The van der Waals surface area contributed by atoms with Gasteiger partial charge in [0.1, 0.15) is 6.61 Å². The van der Waals surface area contributed by atoms with Crippen molar-refractivity contribution in [3.63, 3.8) is 0 Å². The Balaban J connectivity index is 2.15. The maximum atomic E-state index is 9.14. The van der Waals surface area contributed by atoms with Crippen molar-refractivity contribution in [1.29, 1.82) is 0 Å². The van der Waals surface area contributed by atoms with E-state index in [1.54, 1.807) is 7.11 Å². The molecule has 0 saturated carbocycles. The van der Waals surface area contributed by atoms with Crippen LogP contribution < -0.4 is 9.47 Å². The van der Waals surface area contributed by atoms with Gasteiger partial charge in [-0.25, -0.2) is 0 Å². The van der Waals surface area contributed by atoms with E-state index >= 15 is 0 Å². The van der Waals surface area contributed by atoms with E-state index in [-0.39, 0.29) is 18.8 Å². The van der Waals surface area contributed by atoms with Crippen molar-refractivity contribution in [2.75, 3.05) is 13.7 Å². The Hall–Kier alpha value is -2.04. The standard InChI is InChI=1S/C19H24O4/c1-14(12-20)23-15(2)17-10-7-11-18(19(17)21-3)22-13-16-8-5-4-6-9-16/h4-11,14-15,20H,12-13H2,1-3H3/t14-,15-/m0/s1. The summed E-state index contributed by atoms with van der Waals surface area (Å²) in [5.41, 5.74) is 2.00. The van der Waals surface area contributed by atoms with Gasteiger partial charge in [-0.3, -0.25) is 0 Å². The Morgan fingerprint density at radius 3 is 2.39 bits per heavy atom. The van der Waals surface area contributed by atoms with E-state index in [0.717, 1.165) is 11.1 Å². The van der Waals surface area contributed by atoms with Crippen LogP contribution in [-0.2, 0) is 11.3 Å². The molecule has 0 heterocycles. The first kappa shape index (κ1) is 17.3. The van der Waals surface area contributed by atoms with Crippen molar-refractivity contribution in [2.24, 2.45) is 0 Å². The van der Waals surface area contributed by atoms with Crippen LogP contribution in [0.3, 0.4) is 0 Å². The van der Waals surface area contributed by atoms with Crippen LogP contribution in [0.15, 0.2) is 48.5 Å². The van der Waals surface area contributed by atoms with Crippen LogP contribution in [0.5, 0.6) is 11.5 Å². The summed E-state index contributed by atoms with van der Waals surface area (Å²) in [6.45, 7) is 4.23. The maximum absolute atomic E-state index is 9.14. The number of aliphatic hydroxyl groups excluding tert-OH is 1. The van der Waals surface area contributed by atoms with Crippen molar-refractivity contribution in [2.45, 2.75) is 32.7 Å². The maximum Gasteiger partial charge on any atom is 0.166 e. The third-order valence-electron chi connectivity index (χ3n) is 3.58. The third-order valence-corrected chi connectivity index (χ3v) is 3.58. The molecule has 0 radical (unpaired) electrons. The van der Waals surface area contributed by atoms with Crippen LogP contribution in [-0.4, -0.2) is 24.9 Å². The predicted molar refractivity (Wildman–Crippen MR) is 89.8 cm³/mol. The average Bonchev–Trinajstić information content (AvgIpc) is 2.60. The van der Waals surface area contributed by atoms with Crippen LogP contribution in [0.1, 0.15) is 31.1 Å². The van der Waals surface area contributed by atoms with Gasteiger partial charge in [0.2, 0.25) is 0 Å². The number of aliphatic hydroxyl groups is 1. The average molecular weight is 316 g/mol. The number of hydrogen-bond donors (Lipinski definition) is 1. The van der Waals surface area contributed by atoms with Crippen molar-refractivity contribution in [3.8, 4) is 11.5 Å². The highest BCUT2D eigenvalue weighted by Crippen LogP contribution is 2.36. The highest BCUT2D eigenvalue weighted by Gasteiger charge is 2.18. The first-order chi connectivity index (χ1) is 11.2. The number of ether oxygens (including phenoxy) is 3. The molecule has 0 bridgehead atoms. The van der Waals surface area contributed by atoms with Crippen LogP contribution in [0.4, 0.5) is 0 Å². The normalized spacial score (nSPS) is 13.4. The fraction of sp³-hybridized carbons (Fsp3) is 0.368. The van der Waals surface area contributed by atoms with E-state index in [4.69, 9.17) is 19.3 Å². The molecule has 0 spiro atoms. The Kier molecular flexibility index (Phi) is 6.44. The molecule has 2 aromatic rings. The number of benzene rings is 2. The minimum atomic E-state index is -0.233. The summed E-state index contributed by atoms with van der Waals surface area (Å²) in [7, 11) is 1.62. The Labute approximate surface area is 137 Å².